The number of likely N-dealkylation sites (N-methyl/N-ethyl adjacent to an activating group) is 2. The first-order chi connectivity index (χ1) is 32.0. The van der Waals surface area contributed by atoms with Gasteiger partial charge >= 0.3 is 0 Å². The summed E-state index contributed by atoms with van der Waals surface area (Å²) < 4.78 is 121. The highest BCUT2D eigenvalue weighted by Gasteiger charge is 2.55. The molecule has 6 rings (SSSR count). The van der Waals surface area contributed by atoms with Crippen molar-refractivity contribution in [3.05, 3.63) is 59.7 Å². The Hall–Kier alpha value is -4.62. The summed E-state index contributed by atoms with van der Waals surface area (Å²) in [4.78, 5) is 59.1. The second-order valence-corrected chi connectivity index (χ2v) is 22.0. The van der Waals surface area contributed by atoms with E-state index in [9.17, 15) is 53.6 Å². The van der Waals surface area contributed by atoms with E-state index in [-0.39, 0.29) is 76.6 Å². The summed E-state index contributed by atoms with van der Waals surface area (Å²) in [5.74, 6) is -7.40. The van der Waals surface area contributed by atoms with Crippen molar-refractivity contribution in [3.8, 4) is 11.5 Å². The Kier molecular flexibility index (Phi) is 17.1. The lowest BCUT2D eigenvalue weighted by Gasteiger charge is -2.33. The van der Waals surface area contributed by atoms with Crippen molar-refractivity contribution in [1.29, 1.82) is 0 Å². The second-order valence-electron chi connectivity index (χ2n) is 18.1. The van der Waals surface area contributed by atoms with Crippen molar-refractivity contribution in [2.75, 3.05) is 66.0 Å². The number of nitrogens with zero attached hydrogens (tertiary/aromatic N) is 4. The number of carbonyl (C=O) groups is 4. The van der Waals surface area contributed by atoms with Crippen molar-refractivity contribution in [3.63, 3.8) is 0 Å². The van der Waals surface area contributed by atoms with E-state index in [1.807, 2.05) is 0 Å². The van der Waals surface area contributed by atoms with Crippen LogP contribution in [0.25, 0.3) is 0 Å². The van der Waals surface area contributed by atoms with Gasteiger partial charge in [-0.05, 0) is 77.9 Å². The molecule has 4 heterocycles. The molecular weight excluding hydrogens is 941 g/mol. The minimum absolute atomic E-state index is 0.00431. The van der Waals surface area contributed by atoms with Crippen LogP contribution >= 0.6 is 0 Å². The molecule has 0 spiro atoms. The third-order valence-corrected chi connectivity index (χ3v) is 16.2. The Morgan fingerprint density at radius 2 is 1.00 bits per heavy atom. The highest BCUT2D eigenvalue weighted by Crippen LogP contribution is 2.40. The number of carbonyl (C=O) groups excluding carboxylic acids is 4. The van der Waals surface area contributed by atoms with Crippen molar-refractivity contribution >= 4 is 43.7 Å². The van der Waals surface area contributed by atoms with Crippen LogP contribution in [0.2, 0.25) is 0 Å². The predicted octanol–water partition coefficient (Wildman–Crippen LogP) is 1.17. The maximum absolute atomic E-state index is 14.6. The summed E-state index contributed by atoms with van der Waals surface area (Å²) in [5.41, 5.74) is 0. The molecule has 2 aromatic carbocycles. The van der Waals surface area contributed by atoms with Crippen LogP contribution in [-0.2, 0) is 39.2 Å². The topological polar surface area (TPSA) is 216 Å². The number of sulfonamides is 2. The monoisotopic (exact) mass is 1000 g/mol. The van der Waals surface area contributed by atoms with Gasteiger partial charge in [-0.25, -0.2) is 34.4 Å². The fourth-order valence-electron chi connectivity index (χ4n) is 9.90. The summed E-state index contributed by atoms with van der Waals surface area (Å²) in [6, 6.07) is -0.107. The van der Waals surface area contributed by atoms with Gasteiger partial charge in [-0.1, -0.05) is 12.8 Å². The SMILES string of the molecule is CN[C@@H](C)C(=O)N[C@@H](CCCC[C@H](NC(=O)[C@H](C)NC)C(=O)N1CC[C@@H]2[C@H]1[C@@H](COc1ccc(F)c(F)c1)CN2S(C)(=O)=O)C(=O)N1CC[C@@H]2[C@H]1[C@@H](COc1ccc(F)c(F)c1)CN2S(C)(=O)=O. The maximum atomic E-state index is 14.6. The van der Waals surface area contributed by atoms with Crippen LogP contribution in [-0.4, -0.2) is 173 Å². The van der Waals surface area contributed by atoms with Crippen molar-refractivity contribution in [2.24, 2.45) is 11.8 Å². The molecule has 2 aromatic rings. The Morgan fingerprint density at radius 3 is 1.32 bits per heavy atom. The van der Waals surface area contributed by atoms with Gasteiger partial charge < -0.3 is 40.5 Å². The molecule has 68 heavy (non-hydrogen) atoms. The molecule has 0 bridgehead atoms. The molecule has 4 saturated heterocycles. The number of unbranched alkanes of at least 4 members (excludes halogenated alkanes) is 1. The minimum Gasteiger partial charge on any atom is -0.493 e. The van der Waals surface area contributed by atoms with Crippen molar-refractivity contribution < 1.29 is 63.0 Å². The molecule has 10 atom stereocenters. The quantitative estimate of drug-likeness (QED) is 0.103. The minimum atomic E-state index is -3.75. The third-order valence-electron chi connectivity index (χ3n) is 13.6. The Morgan fingerprint density at radius 1 is 0.632 bits per heavy atom. The van der Waals surface area contributed by atoms with Crippen molar-refractivity contribution in [2.45, 2.75) is 101 Å². The number of nitrogens with one attached hydrogen (secondary N) is 4. The summed E-state index contributed by atoms with van der Waals surface area (Å²) in [6.07, 6.45) is 3.45. The zero-order valence-electron chi connectivity index (χ0n) is 38.9. The Balaban J connectivity index is 1.19. The number of likely N-dealkylation sites (tertiary alicyclic amines) is 2. The summed E-state index contributed by atoms with van der Waals surface area (Å²) in [6.45, 7) is 3.27. The molecule has 0 radical (unpaired) electrons. The molecule has 24 heteroatoms. The highest BCUT2D eigenvalue weighted by atomic mass is 32.2. The first-order valence-corrected chi connectivity index (χ1v) is 26.4. The number of hydrogen-bond acceptors (Lipinski definition) is 12. The molecule has 378 valence electrons. The summed E-state index contributed by atoms with van der Waals surface area (Å²) >= 11 is 0. The van der Waals surface area contributed by atoms with E-state index < -0.39 is 127 Å². The van der Waals surface area contributed by atoms with Crippen LogP contribution in [0.4, 0.5) is 17.6 Å². The summed E-state index contributed by atoms with van der Waals surface area (Å²) in [5, 5.41) is 11.4. The van der Waals surface area contributed by atoms with Gasteiger partial charge in [0.05, 0.1) is 49.9 Å². The van der Waals surface area contributed by atoms with E-state index >= 15 is 0 Å². The van der Waals surface area contributed by atoms with Crippen LogP contribution in [0, 0.1) is 35.1 Å². The molecule has 0 saturated carbocycles. The smallest absolute Gasteiger partial charge is 0.245 e. The normalized spacial score (nSPS) is 24.8. The lowest BCUT2D eigenvalue weighted by molar-refractivity contribution is -0.139. The molecule has 0 aromatic heterocycles. The van der Waals surface area contributed by atoms with Gasteiger partial charge in [-0.2, -0.15) is 8.61 Å². The van der Waals surface area contributed by atoms with E-state index in [1.165, 1.54) is 20.7 Å². The molecule has 4 aliphatic heterocycles. The van der Waals surface area contributed by atoms with Gasteiger partial charge in [0.15, 0.2) is 23.3 Å². The lowest BCUT2D eigenvalue weighted by atomic mass is 9.97. The van der Waals surface area contributed by atoms with E-state index in [4.69, 9.17) is 9.47 Å². The molecule has 0 unspecified atom stereocenters. The zero-order chi connectivity index (χ0) is 49.8. The zero-order valence-corrected chi connectivity index (χ0v) is 40.6. The van der Waals surface area contributed by atoms with Gasteiger partial charge in [0, 0.05) is 62.2 Å². The Labute approximate surface area is 394 Å². The first-order valence-electron chi connectivity index (χ1n) is 22.7. The third kappa shape index (κ3) is 12.0. The fourth-order valence-corrected chi connectivity index (χ4v) is 12.3. The molecule has 18 nitrogen and oxygen atoms in total. The Bertz CT molecular complexity index is 2240. The van der Waals surface area contributed by atoms with E-state index in [0.717, 1.165) is 36.8 Å². The lowest BCUT2D eigenvalue weighted by Crippen LogP contribution is -2.55. The molecule has 4 aliphatic rings. The van der Waals surface area contributed by atoms with E-state index in [2.05, 4.69) is 21.3 Å². The number of rotatable bonds is 21. The largest absolute Gasteiger partial charge is 0.493 e. The molecule has 4 fully saturated rings. The van der Waals surface area contributed by atoms with Gasteiger partial charge in [0.25, 0.3) is 0 Å². The van der Waals surface area contributed by atoms with Crippen LogP contribution in [0.5, 0.6) is 11.5 Å². The number of ether oxygens (including phenoxy) is 2. The van der Waals surface area contributed by atoms with Gasteiger partial charge in [-0.3, -0.25) is 19.2 Å². The number of halogens is 4. The number of fused-ring (bicyclic) bond motifs is 2. The van der Waals surface area contributed by atoms with Crippen LogP contribution in [0.1, 0.15) is 52.4 Å². The highest BCUT2D eigenvalue weighted by molar-refractivity contribution is 7.88. The first kappa shape index (κ1) is 52.7. The maximum Gasteiger partial charge on any atom is 0.245 e. The number of hydrogen-bond donors (Lipinski definition) is 4. The molecule has 4 N–H and O–H groups in total. The summed E-state index contributed by atoms with van der Waals surface area (Å²) in [7, 11) is -4.34. The standard InChI is InChI=1S/C44H62F4N8O10S2/c1-25(49-3)41(57)51-35(43(59)53-17-15-37-39(53)27(21-55(37)67(5,61)62)23-65-29-11-13-31(45)33(47)19-29)9-7-8-10-36(52-42(58)26(2)50-4)44(60)54-18-16-38-40(54)28(22-56(38)68(6,63)64)24-66-30-12-14-32(46)34(48)20-30/h11-14,19-20,25-28,35-40,49-50H,7-10,15-18,21-24H2,1-6H3,(H,51,57)(H,52,58)/t25-,26-,27+,28+,35-,36-,37+,38+,39+,40+/m0/s1. The average molecular weight is 1000 g/mol. The van der Waals surface area contributed by atoms with Crippen LogP contribution in [0.3, 0.4) is 0 Å². The van der Waals surface area contributed by atoms with E-state index in [1.54, 1.807) is 37.7 Å². The van der Waals surface area contributed by atoms with Crippen molar-refractivity contribution in [1.82, 2.24) is 39.7 Å². The van der Waals surface area contributed by atoms with E-state index in [0.29, 0.717) is 12.8 Å². The van der Waals surface area contributed by atoms with Gasteiger partial charge in [0.1, 0.15) is 23.6 Å². The molecule has 0 aliphatic carbocycles. The molecule has 4 amide bonds. The van der Waals surface area contributed by atoms with Gasteiger partial charge in [0.2, 0.25) is 43.7 Å². The number of amides is 4. The van der Waals surface area contributed by atoms with Gasteiger partial charge in [-0.15, -0.1) is 0 Å². The van der Waals surface area contributed by atoms with Crippen LogP contribution in [0.15, 0.2) is 36.4 Å². The fraction of sp³-hybridized carbons (Fsp3) is 0.636. The number of benzene rings is 2. The second kappa shape index (κ2) is 22.0. The average Bonchev–Trinajstić information content (AvgIpc) is 4.08. The van der Waals surface area contributed by atoms with Crippen LogP contribution < -0.4 is 30.7 Å². The predicted molar refractivity (Wildman–Crippen MR) is 241 cm³/mol. The molecular formula is C44H62F4N8O10S2.